The highest BCUT2D eigenvalue weighted by atomic mass is 16.5. The molecule has 18 heavy (non-hydrogen) atoms. The molecule has 0 bridgehead atoms. The Balaban J connectivity index is 1.80. The van der Waals surface area contributed by atoms with Gasteiger partial charge in [0.15, 0.2) is 0 Å². The van der Waals surface area contributed by atoms with Crippen LogP contribution in [0.2, 0.25) is 0 Å². The van der Waals surface area contributed by atoms with Crippen LogP contribution in [0, 0.1) is 0 Å². The van der Waals surface area contributed by atoms with Gasteiger partial charge in [-0.2, -0.15) is 0 Å². The van der Waals surface area contributed by atoms with Gasteiger partial charge in [-0.1, -0.05) is 0 Å². The number of hydrogen-bond acceptors (Lipinski definition) is 4. The van der Waals surface area contributed by atoms with Gasteiger partial charge in [-0.15, -0.1) is 0 Å². The lowest BCUT2D eigenvalue weighted by atomic mass is 10.1. The number of carbonyl (C=O) groups is 1. The predicted molar refractivity (Wildman–Crippen MR) is 69.7 cm³/mol. The number of anilines is 1. The number of methoxy groups -OCH3 is 1. The number of likely N-dealkylation sites (tertiary alicyclic amines) is 1. The minimum atomic E-state index is 0.158. The molecule has 2 heterocycles. The number of rotatable bonds is 4. The Bertz CT molecular complexity index is 386. The highest BCUT2D eigenvalue weighted by Crippen LogP contribution is 2.12. The molecule has 0 radical (unpaired) electrons. The number of carbonyl (C=O) groups excluding carboxylic acids is 1. The first-order chi connectivity index (χ1) is 8.79. The highest BCUT2D eigenvalue weighted by molar-refractivity contribution is 5.80. The summed E-state index contributed by atoms with van der Waals surface area (Å²) in [7, 11) is 1.58. The zero-order valence-corrected chi connectivity index (χ0v) is 10.7. The number of pyridine rings is 1. The average molecular weight is 249 g/mol. The minimum absolute atomic E-state index is 0.158. The molecule has 1 aromatic rings. The minimum Gasteiger partial charge on any atom is -0.481 e. The maximum absolute atomic E-state index is 11.9. The SMILES string of the molecule is COc1ccc(NCC(=O)N2CCCCC2)cn1. The van der Waals surface area contributed by atoms with Gasteiger partial charge in [-0.05, 0) is 25.3 Å². The van der Waals surface area contributed by atoms with E-state index in [0.29, 0.717) is 12.4 Å². The molecule has 0 unspecified atom stereocenters. The van der Waals surface area contributed by atoms with Gasteiger partial charge in [0.05, 0.1) is 25.5 Å². The van der Waals surface area contributed by atoms with E-state index in [2.05, 4.69) is 10.3 Å². The average Bonchev–Trinajstić information content (AvgIpc) is 2.46. The molecule has 0 spiro atoms. The second-order valence-corrected chi connectivity index (χ2v) is 4.38. The molecule has 1 saturated heterocycles. The molecule has 1 amide bonds. The summed E-state index contributed by atoms with van der Waals surface area (Å²) in [5, 5.41) is 3.08. The second-order valence-electron chi connectivity index (χ2n) is 4.38. The summed E-state index contributed by atoms with van der Waals surface area (Å²) in [6.07, 6.45) is 5.15. The third-order valence-electron chi connectivity index (χ3n) is 3.10. The molecule has 5 nitrogen and oxygen atoms in total. The lowest BCUT2D eigenvalue weighted by Crippen LogP contribution is -2.39. The number of ether oxygens (including phenoxy) is 1. The topological polar surface area (TPSA) is 54.5 Å². The van der Waals surface area contributed by atoms with Gasteiger partial charge in [0.1, 0.15) is 0 Å². The largest absolute Gasteiger partial charge is 0.481 e. The lowest BCUT2D eigenvalue weighted by molar-refractivity contribution is -0.130. The van der Waals surface area contributed by atoms with Crippen molar-refractivity contribution in [3.63, 3.8) is 0 Å². The van der Waals surface area contributed by atoms with Gasteiger partial charge in [0, 0.05) is 19.2 Å². The molecule has 0 saturated carbocycles. The maximum atomic E-state index is 11.9. The molecule has 0 aliphatic carbocycles. The van der Waals surface area contributed by atoms with Crippen LogP contribution in [0.3, 0.4) is 0 Å². The van der Waals surface area contributed by atoms with Crippen LogP contribution in [-0.4, -0.2) is 42.5 Å². The van der Waals surface area contributed by atoms with E-state index < -0.39 is 0 Å². The predicted octanol–water partition coefficient (Wildman–Crippen LogP) is 1.51. The van der Waals surface area contributed by atoms with Crippen LogP contribution in [0.5, 0.6) is 5.88 Å². The third-order valence-corrected chi connectivity index (χ3v) is 3.10. The number of piperidine rings is 1. The van der Waals surface area contributed by atoms with Crippen LogP contribution in [0.15, 0.2) is 18.3 Å². The van der Waals surface area contributed by atoms with Crippen LogP contribution >= 0.6 is 0 Å². The summed E-state index contributed by atoms with van der Waals surface area (Å²) in [6, 6.07) is 3.63. The van der Waals surface area contributed by atoms with E-state index in [1.807, 2.05) is 11.0 Å². The van der Waals surface area contributed by atoms with Crippen molar-refractivity contribution in [3.8, 4) is 5.88 Å². The molecule has 1 fully saturated rings. The Morgan fingerprint density at radius 2 is 2.17 bits per heavy atom. The summed E-state index contributed by atoms with van der Waals surface area (Å²) >= 11 is 0. The Morgan fingerprint density at radius 1 is 1.39 bits per heavy atom. The molecule has 98 valence electrons. The fourth-order valence-electron chi connectivity index (χ4n) is 2.04. The summed E-state index contributed by atoms with van der Waals surface area (Å²) in [5.74, 6) is 0.730. The van der Waals surface area contributed by atoms with Gasteiger partial charge in [0.2, 0.25) is 11.8 Å². The maximum Gasteiger partial charge on any atom is 0.241 e. The van der Waals surface area contributed by atoms with Crippen molar-refractivity contribution in [2.75, 3.05) is 32.1 Å². The lowest BCUT2D eigenvalue weighted by Gasteiger charge is -2.26. The molecule has 1 aliphatic rings. The molecule has 2 rings (SSSR count). The Morgan fingerprint density at radius 3 is 2.78 bits per heavy atom. The summed E-state index contributed by atoms with van der Waals surface area (Å²) in [6.45, 7) is 2.11. The van der Waals surface area contributed by atoms with Crippen molar-refractivity contribution in [3.05, 3.63) is 18.3 Å². The Labute approximate surface area is 107 Å². The van der Waals surface area contributed by atoms with E-state index in [1.54, 1.807) is 19.4 Å². The van der Waals surface area contributed by atoms with Crippen molar-refractivity contribution in [1.29, 1.82) is 0 Å². The summed E-state index contributed by atoms with van der Waals surface area (Å²) < 4.78 is 4.98. The smallest absolute Gasteiger partial charge is 0.241 e. The number of amides is 1. The molecule has 5 heteroatoms. The monoisotopic (exact) mass is 249 g/mol. The van der Waals surface area contributed by atoms with Crippen LogP contribution in [0.1, 0.15) is 19.3 Å². The van der Waals surface area contributed by atoms with Crippen LogP contribution in [0.25, 0.3) is 0 Å². The Hall–Kier alpha value is -1.78. The van der Waals surface area contributed by atoms with Gasteiger partial charge >= 0.3 is 0 Å². The molecule has 1 aromatic heterocycles. The normalized spacial score (nSPS) is 15.3. The van der Waals surface area contributed by atoms with Crippen molar-refractivity contribution in [1.82, 2.24) is 9.88 Å². The number of nitrogens with zero attached hydrogens (tertiary/aromatic N) is 2. The first-order valence-corrected chi connectivity index (χ1v) is 6.31. The number of nitrogens with one attached hydrogen (secondary N) is 1. The quantitative estimate of drug-likeness (QED) is 0.879. The third kappa shape index (κ3) is 3.35. The van der Waals surface area contributed by atoms with Crippen molar-refractivity contribution in [2.45, 2.75) is 19.3 Å². The number of aromatic nitrogens is 1. The van der Waals surface area contributed by atoms with Crippen molar-refractivity contribution < 1.29 is 9.53 Å². The fraction of sp³-hybridized carbons (Fsp3) is 0.538. The first kappa shape index (κ1) is 12.7. The highest BCUT2D eigenvalue weighted by Gasteiger charge is 2.15. The van der Waals surface area contributed by atoms with E-state index in [-0.39, 0.29) is 5.91 Å². The van der Waals surface area contributed by atoms with Gasteiger partial charge in [0.25, 0.3) is 0 Å². The van der Waals surface area contributed by atoms with Crippen molar-refractivity contribution in [2.24, 2.45) is 0 Å². The Kier molecular flexibility index (Phi) is 4.39. The molecule has 1 N–H and O–H groups in total. The van der Waals surface area contributed by atoms with Gasteiger partial charge in [-0.25, -0.2) is 4.98 Å². The molecule has 1 aliphatic heterocycles. The van der Waals surface area contributed by atoms with E-state index in [4.69, 9.17) is 4.74 Å². The van der Waals surface area contributed by atoms with E-state index >= 15 is 0 Å². The molecular weight excluding hydrogens is 230 g/mol. The molecular formula is C13H19N3O2. The fourth-order valence-corrected chi connectivity index (χ4v) is 2.04. The zero-order valence-electron chi connectivity index (χ0n) is 10.7. The molecule has 0 aromatic carbocycles. The summed E-state index contributed by atoms with van der Waals surface area (Å²) in [4.78, 5) is 17.9. The van der Waals surface area contributed by atoms with E-state index in [0.717, 1.165) is 31.6 Å². The van der Waals surface area contributed by atoms with E-state index in [9.17, 15) is 4.79 Å². The zero-order chi connectivity index (χ0) is 12.8. The van der Waals surface area contributed by atoms with Gasteiger partial charge in [-0.3, -0.25) is 4.79 Å². The standard InChI is InChI=1S/C13H19N3O2/c1-18-12-6-5-11(9-15-12)14-10-13(17)16-7-3-2-4-8-16/h5-6,9,14H,2-4,7-8,10H2,1H3. The first-order valence-electron chi connectivity index (χ1n) is 6.31. The summed E-state index contributed by atoms with van der Waals surface area (Å²) in [5.41, 5.74) is 0.834. The number of hydrogen-bond donors (Lipinski definition) is 1. The van der Waals surface area contributed by atoms with Crippen molar-refractivity contribution >= 4 is 11.6 Å². The molecule has 0 atom stereocenters. The van der Waals surface area contributed by atoms with Crippen LogP contribution in [-0.2, 0) is 4.79 Å². The van der Waals surface area contributed by atoms with Crippen LogP contribution < -0.4 is 10.1 Å². The second kappa shape index (κ2) is 6.23. The van der Waals surface area contributed by atoms with E-state index in [1.165, 1.54) is 6.42 Å². The van der Waals surface area contributed by atoms with Gasteiger partial charge < -0.3 is 15.0 Å². The van der Waals surface area contributed by atoms with Crippen LogP contribution in [0.4, 0.5) is 5.69 Å².